The average Bonchev–Trinajstić information content (AvgIpc) is 2.91. The number of likely N-dealkylation sites (tertiary alicyclic amines) is 1. The van der Waals surface area contributed by atoms with Crippen LogP contribution in [0.3, 0.4) is 0 Å². The van der Waals surface area contributed by atoms with Gasteiger partial charge in [0.05, 0.1) is 0 Å². The van der Waals surface area contributed by atoms with Crippen LogP contribution in [0.4, 0.5) is 0 Å². The highest BCUT2D eigenvalue weighted by molar-refractivity contribution is 5.13. The van der Waals surface area contributed by atoms with Crippen molar-refractivity contribution in [1.29, 1.82) is 0 Å². The molecule has 2 heterocycles. The number of aliphatic hydroxyl groups is 1. The number of aryl methyl sites for hydroxylation is 1. The maximum Gasteiger partial charge on any atom is 0.136 e. The summed E-state index contributed by atoms with van der Waals surface area (Å²) in [6.07, 6.45) is 4.55. The molecule has 1 atom stereocenters. The summed E-state index contributed by atoms with van der Waals surface area (Å²) in [4.78, 5) is 2.49. The van der Waals surface area contributed by atoms with Gasteiger partial charge in [0.1, 0.15) is 17.1 Å². The molecule has 1 aliphatic rings. The van der Waals surface area contributed by atoms with E-state index in [2.05, 4.69) is 30.1 Å². The second-order valence-corrected chi connectivity index (χ2v) is 6.92. The number of hydrogen-bond donors (Lipinski definition) is 2. The molecule has 0 radical (unpaired) electrons. The summed E-state index contributed by atoms with van der Waals surface area (Å²) in [5.74, 6) is 1.47. The summed E-state index contributed by atoms with van der Waals surface area (Å²) < 4.78 is 5.55. The molecule has 0 spiro atoms. The van der Waals surface area contributed by atoms with E-state index in [1.165, 1.54) is 5.57 Å². The van der Waals surface area contributed by atoms with Crippen molar-refractivity contribution >= 4 is 0 Å². The Bertz CT molecular complexity index is 493. The van der Waals surface area contributed by atoms with Gasteiger partial charge in [-0.15, -0.1) is 0 Å². The van der Waals surface area contributed by atoms with Crippen molar-refractivity contribution in [3.05, 3.63) is 35.3 Å². The van der Waals surface area contributed by atoms with Crippen LogP contribution in [-0.4, -0.2) is 42.2 Å². The molecule has 0 saturated carbocycles. The molecule has 1 aromatic rings. The van der Waals surface area contributed by atoms with Gasteiger partial charge in [0, 0.05) is 19.1 Å². The van der Waals surface area contributed by atoms with E-state index in [4.69, 9.17) is 4.42 Å². The first-order chi connectivity index (χ1) is 10.4. The molecule has 0 aliphatic carbocycles. The minimum atomic E-state index is -0.951. The first-order valence-electron chi connectivity index (χ1n) is 8.25. The third-order valence-electron chi connectivity index (χ3n) is 4.35. The third kappa shape index (κ3) is 4.97. The Morgan fingerprint density at radius 2 is 2.09 bits per heavy atom. The van der Waals surface area contributed by atoms with Gasteiger partial charge in [-0.1, -0.05) is 11.6 Å². The van der Waals surface area contributed by atoms with E-state index < -0.39 is 5.60 Å². The smallest absolute Gasteiger partial charge is 0.136 e. The van der Waals surface area contributed by atoms with Gasteiger partial charge in [-0.05, 0) is 65.8 Å². The summed E-state index contributed by atoms with van der Waals surface area (Å²) in [5, 5.41) is 14.1. The lowest BCUT2D eigenvalue weighted by atomic mass is 10.0. The van der Waals surface area contributed by atoms with Crippen molar-refractivity contribution in [2.45, 2.75) is 52.2 Å². The fraction of sp³-hybridized carbons (Fsp3) is 0.667. The molecule has 4 nitrogen and oxygen atoms in total. The normalized spacial score (nSPS) is 19.9. The molecule has 1 unspecified atom stereocenters. The van der Waals surface area contributed by atoms with Crippen molar-refractivity contribution in [3.8, 4) is 0 Å². The zero-order valence-electron chi connectivity index (χ0n) is 14.4. The predicted octanol–water partition coefficient (Wildman–Crippen LogP) is 2.82. The third-order valence-corrected chi connectivity index (χ3v) is 4.35. The topological polar surface area (TPSA) is 48.6 Å². The number of nitrogens with one attached hydrogen (secondary N) is 1. The highest BCUT2D eigenvalue weighted by Crippen LogP contribution is 2.22. The van der Waals surface area contributed by atoms with E-state index in [0.717, 1.165) is 38.2 Å². The lowest BCUT2D eigenvalue weighted by Crippen LogP contribution is -2.46. The lowest BCUT2D eigenvalue weighted by Gasteiger charge is -2.33. The quantitative estimate of drug-likeness (QED) is 0.794. The summed E-state index contributed by atoms with van der Waals surface area (Å²) in [6.45, 7) is 11.8. The Hall–Kier alpha value is -1.10. The molecular weight excluding hydrogens is 276 g/mol. The maximum absolute atomic E-state index is 10.6. The van der Waals surface area contributed by atoms with Crippen molar-refractivity contribution < 1.29 is 9.52 Å². The first kappa shape index (κ1) is 17.3. The van der Waals surface area contributed by atoms with Crippen LogP contribution < -0.4 is 5.32 Å². The summed E-state index contributed by atoms with van der Waals surface area (Å²) >= 11 is 0. The number of hydrogen-bond acceptors (Lipinski definition) is 4. The molecule has 0 bridgehead atoms. The average molecular weight is 306 g/mol. The number of piperidine rings is 1. The van der Waals surface area contributed by atoms with Gasteiger partial charge >= 0.3 is 0 Å². The Morgan fingerprint density at radius 1 is 1.41 bits per heavy atom. The van der Waals surface area contributed by atoms with Crippen molar-refractivity contribution in [1.82, 2.24) is 10.2 Å². The van der Waals surface area contributed by atoms with E-state index in [1.54, 1.807) is 0 Å². The SMILES string of the molecule is CC(C)=CCN1CCC(NCC(C)(O)c2ccc(C)o2)CC1. The van der Waals surface area contributed by atoms with Gasteiger partial charge in [-0.3, -0.25) is 4.90 Å². The van der Waals surface area contributed by atoms with Crippen molar-refractivity contribution in [2.24, 2.45) is 0 Å². The maximum atomic E-state index is 10.6. The van der Waals surface area contributed by atoms with E-state index in [-0.39, 0.29) is 0 Å². The molecule has 22 heavy (non-hydrogen) atoms. The highest BCUT2D eigenvalue weighted by Gasteiger charge is 2.28. The van der Waals surface area contributed by atoms with Gasteiger partial charge in [0.15, 0.2) is 0 Å². The van der Waals surface area contributed by atoms with Crippen LogP contribution in [0.15, 0.2) is 28.2 Å². The summed E-state index contributed by atoms with van der Waals surface area (Å²) in [5.41, 5.74) is 0.429. The number of furan rings is 1. The van der Waals surface area contributed by atoms with E-state index in [1.807, 2.05) is 26.0 Å². The van der Waals surface area contributed by atoms with Crippen molar-refractivity contribution in [3.63, 3.8) is 0 Å². The second kappa shape index (κ2) is 7.44. The Morgan fingerprint density at radius 3 is 2.64 bits per heavy atom. The van der Waals surface area contributed by atoms with Crippen LogP contribution >= 0.6 is 0 Å². The monoisotopic (exact) mass is 306 g/mol. The van der Waals surface area contributed by atoms with Gasteiger partial charge < -0.3 is 14.8 Å². The Balaban J connectivity index is 1.75. The first-order valence-corrected chi connectivity index (χ1v) is 8.25. The fourth-order valence-corrected chi connectivity index (χ4v) is 2.79. The molecule has 1 saturated heterocycles. The zero-order chi connectivity index (χ0) is 16.2. The van der Waals surface area contributed by atoms with Crippen LogP contribution in [0.5, 0.6) is 0 Å². The molecule has 124 valence electrons. The van der Waals surface area contributed by atoms with Gasteiger partial charge in [0.2, 0.25) is 0 Å². The molecule has 0 amide bonds. The molecule has 1 aromatic heterocycles. The van der Waals surface area contributed by atoms with Crippen LogP contribution in [0.2, 0.25) is 0 Å². The standard InChI is InChI=1S/C18H30N2O2/c1-14(2)7-10-20-11-8-16(9-12-20)19-13-18(4,21)17-6-5-15(3)22-17/h5-7,16,19,21H,8-13H2,1-4H3. The Labute approximate surface area is 134 Å². The van der Waals surface area contributed by atoms with Crippen molar-refractivity contribution in [2.75, 3.05) is 26.2 Å². The predicted molar refractivity (Wildman–Crippen MR) is 89.9 cm³/mol. The summed E-state index contributed by atoms with van der Waals surface area (Å²) in [7, 11) is 0. The number of allylic oxidation sites excluding steroid dienone is 1. The zero-order valence-corrected chi connectivity index (χ0v) is 14.4. The van der Waals surface area contributed by atoms with Crippen LogP contribution in [0, 0.1) is 6.92 Å². The molecule has 1 aliphatic heterocycles. The molecule has 0 aromatic carbocycles. The largest absolute Gasteiger partial charge is 0.463 e. The summed E-state index contributed by atoms with van der Waals surface area (Å²) in [6, 6.07) is 4.23. The molecular formula is C18H30N2O2. The van der Waals surface area contributed by atoms with Crippen LogP contribution in [0.1, 0.15) is 45.1 Å². The van der Waals surface area contributed by atoms with Crippen LogP contribution in [-0.2, 0) is 5.60 Å². The lowest BCUT2D eigenvalue weighted by molar-refractivity contribution is 0.0283. The van der Waals surface area contributed by atoms with E-state index >= 15 is 0 Å². The van der Waals surface area contributed by atoms with E-state index in [9.17, 15) is 5.11 Å². The van der Waals surface area contributed by atoms with Gasteiger partial charge in [-0.2, -0.15) is 0 Å². The highest BCUT2D eigenvalue weighted by atomic mass is 16.4. The second-order valence-electron chi connectivity index (χ2n) is 6.92. The Kier molecular flexibility index (Phi) is 5.84. The minimum Gasteiger partial charge on any atom is -0.463 e. The van der Waals surface area contributed by atoms with Crippen LogP contribution in [0.25, 0.3) is 0 Å². The number of rotatable bonds is 6. The van der Waals surface area contributed by atoms with Gasteiger partial charge in [0.25, 0.3) is 0 Å². The molecule has 4 heteroatoms. The fourth-order valence-electron chi connectivity index (χ4n) is 2.79. The van der Waals surface area contributed by atoms with E-state index in [0.29, 0.717) is 18.3 Å². The molecule has 1 fully saturated rings. The molecule has 2 rings (SSSR count). The minimum absolute atomic E-state index is 0.477. The molecule has 2 N–H and O–H groups in total. The van der Waals surface area contributed by atoms with Gasteiger partial charge in [-0.25, -0.2) is 0 Å². The number of nitrogens with zero attached hydrogens (tertiary/aromatic N) is 1.